The standard InChI is InChI=1S/C52H83NO7/c1-6-8-10-12-14-16-18-20-22-24-25-27-29-31-33-35-37-39-41-43-51(55)60-48(46-58-45-44-49(52(56)57)53(3,4)5)47-59-50(54)42-40-38-36-34-32-30-28-26-23-21-19-17-15-13-11-9-7-2/h8-11,14-17,20-23,25,27,31,33,37,39,48-49H,6-7,12-13,18-19,24,26,28-30,32,34-36,38,40-47H2,1-5H3/p+1/b10-8-,11-9-,16-14-,17-15-,22-20-,23-21-,27-25-,33-31-,39-37-. The Morgan fingerprint density at radius 2 is 0.917 bits per heavy atom. The third-order valence-electron chi connectivity index (χ3n) is 9.43. The summed E-state index contributed by atoms with van der Waals surface area (Å²) in [6.07, 6.45) is 57.2. The molecule has 0 radical (unpaired) electrons. The molecule has 1 N–H and O–H groups in total. The van der Waals surface area contributed by atoms with Crippen LogP contribution in [0.25, 0.3) is 0 Å². The highest BCUT2D eigenvalue weighted by Gasteiger charge is 2.31. The number of unbranched alkanes of at least 4 members (excludes halogenated alkanes) is 7. The first-order chi connectivity index (χ1) is 29.1. The third kappa shape index (κ3) is 39.5. The number of allylic oxidation sites excluding steroid dienone is 18. The second-order valence-electron chi connectivity index (χ2n) is 15.9. The number of ether oxygens (including phenoxy) is 3. The minimum atomic E-state index is -0.893. The van der Waals surface area contributed by atoms with E-state index in [2.05, 4.69) is 111 Å². The molecule has 0 aromatic carbocycles. The predicted molar refractivity (Wildman–Crippen MR) is 252 cm³/mol. The number of aliphatic carboxylic acids is 1. The number of carboxylic acids is 1. The Kier molecular flexibility index (Phi) is 38.9. The summed E-state index contributed by atoms with van der Waals surface area (Å²) in [6, 6.07) is -0.636. The van der Waals surface area contributed by atoms with Crippen LogP contribution in [0.2, 0.25) is 0 Å². The van der Waals surface area contributed by atoms with Crippen molar-refractivity contribution in [1.82, 2.24) is 0 Å². The van der Waals surface area contributed by atoms with Crippen molar-refractivity contribution in [2.75, 3.05) is 41.0 Å². The minimum Gasteiger partial charge on any atom is -0.477 e. The molecule has 8 heteroatoms. The van der Waals surface area contributed by atoms with Gasteiger partial charge in [0, 0.05) is 19.3 Å². The molecule has 0 aliphatic carbocycles. The van der Waals surface area contributed by atoms with Gasteiger partial charge in [0.1, 0.15) is 6.61 Å². The molecule has 0 rings (SSSR count). The summed E-state index contributed by atoms with van der Waals surface area (Å²) in [7, 11) is 5.49. The first-order valence-corrected chi connectivity index (χ1v) is 22.9. The van der Waals surface area contributed by atoms with Crippen molar-refractivity contribution in [2.45, 2.75) is 161 Å². The lowest BCUT2D eigenvalue weighted by molar-refractivity contribution is -0.887. The Balaban J connectivity index is 4.49. The van der Waals surface area contributed by atoms with E-state index < -0.39 is 24.1 Å². The fourth-order valence-electron chi connectivity index (χ4n) is 5.95. The largest absolute Gasteiger partial charge is 0.477 e. The summed E-state index contributed by atoms with van der Waals surface area (Å²) in [5.74, 6) is -1.60. The molecule has 0 aliphatic heterocycles. The van der Waals surface area contributed by atoms with Crippen LogP contribution in [0, 0.1) is 0 Å². The average Bonchev–Trinajstić information content (AvgIpc) is 3.21. The first kappa shape index (κ1) is 56.0. The number of carboxylic acid groups (broad SMARTS) is 1. The molecule has 0 aromatic rings. The van der Waals surface area contributed by atoms with Gasteiger partial charge in [0.05, 0.1) is 34.4 Å². The fourth-order valence-corrected chi connectivity index (χ4v) is 5.95. The summed E-state index contributed by atoms with van der Waals surface area (Å²) in [5.41, 5.74) is 0. The van der Waals surface area contributed by atoms with Gasteiger partial charge in [-0.25, -0.2) is 4.79 Å². The molecule has 0 aromatic heterocycles. The summed E-state index contributed by atoms with van der Waals surface area (Å²) < 4.78 is 17.2. The molecule has 2 unspecified atom stereocenters. The summed E-state index contributed by atoms with van der Waals surface area (Å²) in [4.78, 5) is 37.0. The number of carbonyl (C=O) groups excluding carboxylic acids is 2. The molecule has 60 heavy (non-hydrogen) atoms. The summed E-state index contributed by atoms with van der Waals surface area (Å²) in [5, 5.41) is 9.63. The summed E-state index contributed by atoms with van der Waals surface area (Å²) >= 11 is 0. The fraction of sp³-hybridized carbons (Fsp3) is 0.596. The van der Waals surface area contributed by atoms with Crippen molar-refractivity contribution in [1.29, 1.82) is 0 Å². The van der Waals surface area contributed by atoms with Crippen molar-refractivity contribution in [3.05, 3.63) is 109 Å². The molecule has 8 nitrogen and oxygen atoms in total. The number of nitrogens with zero attached hydrogens (tertiary/aromatic N) is 1. The first-order valence-electron chi connectivity index (χ1n) is 22.9. The van der Waals surface area contributed by atoms with Crippen molar-refractivity contribution in [3.63, 3.8) is 0 Å². The van der Waals surface area contributed by atoms with Crippen molar-refractivity contribution in [2.24, 2.45) is 0 Å². The molecular weight excluding hydrogens is 751 g/mol. The van der Waals surface area contributed by atoms with Gasteiger partial charge in [-0.2, -0.15) is 0 Å². The number of carbonyl (C=O) groups is 3. The van der Waals surface area contributed by atoms with Crippen LogP contribution in [0.4, 0.5) is 0 Å². The Bertz CT molecular complexity index is 1340. The van der Waals surface area contributed by atoms with Gasteiger partial charge in [-0.15, -0.1) is 0 Å². The Labute approximate surface area is 366 Å². The highest BCUT2D eigenvalue weighted by molar-refractivity contribution is 5.72. The lowest BCUT2D eigenvalue weighted by Crippen LogP contribution is -2.50. The predicted octanol–water partition coefficient (Wildman–Crippen LogP) is 12.9. The van der Waals surface area contributed by atoms with E-state index in [0.717, 1.165) is 89.9 Å². The molecule has 338 valence electrons. The van der Waals surface area contributed by atoms with Crippen LogP contribution in [0.5, 0.6) is 0 Å². The van der Waals surface area contributed by atoms with E-state index in [1.807, 2.05) is 33.3 Å². The second kappa shape index (κ2) is 41.7. The zero-order valence-electron chi connectivity index (χ0n) is 38.4. The van der Waals surface area contributed by atoms with Gasteiger partial charge in [-0.3, -0.25) is 9.59 Å². The molecular formula is C52H84NO7+. The van der Waals surface area contributed by atoms with E-state index in [-0.39, 0.29) is 36.7 Å². The minimum absolute atomic E-state index is 0.0200. The molecule has 0 saturated heterocycles. The smallest absolute Gasteiger partial charge is 0.362 e. The number of quaternary nitrogens is 1. The van der Waals surface area contributed by atoms with E-state index >= 15 is 0 Å². The van der Waals surface area contributed by atoms with Gasteiger partial charge < -0.3 is 23.8 Å². The normalized spacial score (nSPS) is 13.9. The van der Waals surface area contributed by atoms with E-state index in [1.165, 1.54) is 19.3 Å². The van der Waals surface area contributed by atoms with Gasteiger partial charge in [-0.05, 0) is 83.5 Å². The zero-order chi connectivity index (χ0) is 44.2. The molecule has 0 heterocycles. The van der Waals surface area contributed by atoms with Crippen LogP contribution in [-0.4, -0.2) is 80.6 Å². The quantitative estimate of drug-likeness (QED) is 0.0285. The van der Waals surface area contributed by atoms with E-state index in [1.54, 1.807) is 0 Å². The molecule has 0 aliphatic rings. The van der Waals surface area contributed by atoms with Crippen LogP contribution in [0.1, 0.15) is 149 Å². The Morgan fingerprint density at radius 3 is 1.37 bits per heavy atom. The van der Waals surface area contributed by atoms with E-state index in [4.69, 9.17) is 14.2 Å². The van der Waals surface area contributed by atoms with Crippen LogP contribution < -0.4 is 0 Å². The van der Waals surface area contributed by atoms with Crippen LogP contribution in [0.15, 0.2) is 109 Å². The Morgan fingerprint density at radius 1 is 0.500 bits per heavy atom. The maximum atomic E-state index is 12.7. The molecule has 0 fully saturated rings. The Hall–Kier alpha value is -4.01. The molecule has 0 bridgehead atoms. The topological polar surface area (TPSA) is 99.1 Å². The zero-order valence-corrected chi connectivity index (χ0v) is 38.4. The SMILES string of the molecule is CC/C=C\C/C=C\C/C=C\C/C=C\C/C=C\C/C=C\CCC(=O)OC(COCCC(C(=O)O)[N+](C)(C)C)COC(=O)CCCCCCCCC/C=C\C/C=C\C/C=C\CC. The lowest BCUT2D eigenvalue weighted by Gasteiger charge is -2.31. The number of hydrogen-bond acceptors (Lipinski definition) is 6. The van der Waals surface area contributed by atoms with Crippen LogP contribution in [-0.2, 0) is 28.6 Å². The van der Waals surface area contributed by atoms with Crippen molar-refractivity contribution < 1.29 is 38.2 Å². The van der Waals surface area contributed by atoms with Crippen molar-refractivity contribution >= 4 is 17.9 Å². The highest BCUT2D eigenvalue weighted by atomic mass is 16.6. The van der Waals surface area contributed by atoms with Gasteiger partial charge in [0.2, 0.25) is 0 Å². The van der Waals surface area contributed by atoms with Gasteiger partial charge >= 0.3 is 17.9 Å². The van der Waals surface area contributed by atoms with E-state index in [0.29, 0.717) is 19.3 Å². The van der Waals surface area contributed by atoms with Crippen LogP contribution >= 0.6 is 0 Å². The van der Waals surface area contributed by atoms with Crippen LogP contribution in [0.3, 0.4) is 0 Å². The van der Waals surface area contributed by atoms with E-state index in [9.17, 15) is 19.5 Å². The molecule has 2 atom stereocenters. The van der Waals surface area contributed by atoms with Gasteiger partial charge in [-0.1, -0.05) is 155 Å². The maximum Gasteiger partial charge on any atom is 0.362 e. The molecule has 0 saturated carbocycles. The second-order valence-corrected chi connectivity index (χ2v) is 15.9. The number of likely N-dealkylation sites (N-methyl/N-ethyl adjacent to an activating group) is 1. The van der Waals surface area contributed by atoms with Gasteiger partial charge in [0.25, 0.3) is 0 Å². The summed E-state index contributed by atoms with van der Waals surface area (Å²) in [6.45, 7) is 4.40. The maximum absolute atomic E-state index is 12.7. The van der Waals surface area contributed by atoms with Gasteiger partial charge in [0.15, 0.2) is 12.1 Å². The molecule has 0 amide bonds. The monoisotopic (exact) mass is 835 g/mol. The number of esters is 2. The molecule has 0 spiro atoms. The van der Waals surface area contributed by atoms with Crippen molar-refractivity contribution in [3.8, 4) is 0 Å². The lowest BCUT2D eigenvalue weighted by atomic mass is 10.1. The average molecular weight is 835 g/mol. The number of hydrogen-bond donors (Lipinski definition) is 1. The highest BCUT2D eigenvalue weighted by Crippen LogP contribution is 2.12. The third-order valence-corrected chi connectivity index (χ3v) is 9.43. The number of rotatable bonds is 39.